The average molecular weight is 348 g/mol. The summed E-state index contributed by atoms with van der Waals surface area (Å²) in [5.41, 5.74) is -1.26. The Morgan fingerprint density at radius 2 is 1.83 bits per heavy atom. The Morgan fingerprint density at radius 3 is 2.50 bits per heavy atom. The third-order valence-electron chi connectivity index (χ3n) is 5.12. The van der Waals surface area contributed by atoms with Crippen LogP contribution in [0.2, 0.25) is 0 Å². The topological polar surface area (TPSA) is 149 Å². The monoisotopic (exact) mass is 348 g/mol. The lowest BCUT2D eigenvalue weighted by Gasteiger charge is -2.43. The Balaban J connectivity index is 1.76. The van der Waals surface area contributed by atoms with Crippen LogP contribution in [0.5, 0.6) is 0 Å². The minimum absolute atomic E-state index is 0.143. The molecular weight excluding hydrogens is 324 g/mol. The number of hydrogen-bond acceptors (Lipinski definition) is 9. The van der Waals surface area contributed by atoms with Gasteiger partial charge in [-0.15, -0.1) is 0 Å². The highest BCUT2D eigenvalue weighted by atomic mass is 16.8. The van der Waals surface area contributed by atoms with Crippen LogP contribution in [0.25, 0.3) is 0 Å². The molecule has 9 heteroatoms. The summed E-state index contributed by atoms with van der Waals surface area (Å²) < 4.78 is 16.3. The summed E-state index contributed by atoms with van der Waals surface area (Å²) in [5.74, 6) is -0.992. The zero-order valence-corrected chi connectivity index (χ0v) is 13.2. The first-order valence-corrected chi connectivity index (χ1v) is 7.95. The van der Waals surface area contributed by atoms with E-state index in [9.17, 15) is 30.6 Å². The minimum atomic E-state index is -1.56. The number of fused-ring (bicyclic) bond motifs is 1. The lowest BCUT2D eigenvalue weighted by molar-refractivity contribution is -0.346. The molecular formula is C15H24O9. The van der Waals surface area contributed by atoms with Crippen molar-refractivity contribution < 1.29 is 44.8 Å². The van der Waals surface area contributed by atoms with Crippen molar-refractivity contribution >= 4 is 0 Å². The number of ether oxygens (including phenoxy) is 3. The molecule has 2 fully saturated rings. The summed E-state index contributed by atoms with van der Waals surface area (Å²) in [6.45, 7) is 0.992. The van der Waals surface area contributed by atoms with Crippen LogP contribution in [0.1, 0.15) is 13.3 Å². The van der Waals surface area contributed by atoms with Crippen LogP contribution in [0.3, 0.4) is 0 Å². The summed E-state index contributed by atoms with van der Waals surface area (Å²) in [7, 11) is 0. The summed E-state index contributed by atoms with van der Waals surface area (Å²) in [4.78, 5) is 0. The average Bonchev–Trinajstić information content (AvgIpc) is 2.78. The number of aliphatic hydroxyl groups is 6. The Bertz CT molecular complexity index is 480. The first-order chi connectivity index (χ1) is 11.3. The first kappa shape index (κ1) is 18.0. The SMILES string of the molecule is C[C@]1(O)C[C@H](O)[C@@H]2C=CO[C@@H](O[C@@H]3O[C@H](CO)[C@@H](O)[C@H](O)[C@H]3O)[C@@H]21. The van der Waals surface area contributed by atoms with Crippen molar-refractivity contribution in [2.75, 3.05) is 6.61 Å². The Kier molecular flexibility index (Phi) is 4.89. The zero-order chi connectivity index (χ0) is 17.6. The molecule has 6 N–H and O–H groups in total. The summed E-state index contributed by atoms with van der Waals surface area (Å²) in [6.07, 6.45) is -5.74. The van der Waals surface area contributed by atoms with Gasteiger partial charge in [0.2, 0.25) is 6.29 Å². The van der Waals surface area contributed by atoms with E-state index in [1.807, 2.05) is 0 Å². The van der Waals surface area contributed by atoms with E-state index < -0.39 is 61.2 Å². The fourth-order valence-electron chi connectivity index (χ4n) is 3.80. The van der Waals surface area contributed by atoms with Gasteiger partial charge in [0, 0.05) is 12.3 Å². The van der Waals surface area contributed by atoms with Gasteiger partial charge in [-0.25, -0.2) is 0 Å². The van der Waals surface area contributed by atoms with E-state index in [1.165, 1.54) is 6.26 Å². The molecule has 9 nitrogen and oxygen atoms in total. The molecule has 10 atom stereocenters. The van der Waals surface area contributed by atoms with Gasteiger partial charge in [0.25, 0.3) is 0 Å². The number of hydrogen-bond donors (Lipinski definition) is 6. The lowest BCUT2D eigenvalue weighted by Crippen LogP contribution is -2.60. The van der Waals surface area contributed by atoms with E-state index in [4.69, 9.17) is 14.2 Å². The van der Waals surface area contributed by atoms with Crippen molar-refractivity contribution in [2.45, 2.75) is 62.0 Å². The van der Waals surface area contributed by atoms with E-state index in [-0.39, 0.29) is 12.3 Å². The van der Waals surface area contributed by atoms with Crippen molar-refractivity contribution in [2.24, 2.45) is 11.8 Å². The fourth-order valence-corrected chi connectivity index (χ4v) is 3.80. The highest BCUT2D eigenvalue weighted by Gasteiger charge is 2.56. The van der Waals surface area contributed by atoms with Gasteiger partial charge in [-0.3, -0.25) is 0 Å². The van der Waals surface area contributed by atoms with Crippen molar-refractivity contribution in [3.8, 4) is 0 Å². The van der Waals surface area contributed by atoms with Crippen LogP contribution in [0.15, 0.2) is 12.3 Å². The van der Waals surface area contributed by atoms with E-state index in [0.717, 1.165) is 0 Å². The van der Waals surface area contributed by atoms with Crippen LogP contribution >= 0.6 is 0 Å². The largest absolute Gasteiger partial charge is 0.472 e. The molecule has 0 aromatic heterocycles. The predicted octanol–water partition coefficient (Wildman–Crippen LogP) is -2.58. The first-order valence-electron chi connectivity index (χ1n) is 7.95. The predicted molar refractivity (Wildman–Crippen MR) is 77.1 cm³/mol. The molecule has 3 aliphatic rings. The van der Waals surface area contributed by atoms with Gasteiger partial charge in [-0.1, -0.05) is 0 Å². The lowest BCUT2D eigenvalue weighted by atomic mass is 9.85. The maximum atomic E-state index is 10.5. The number of rotatable bonds is 3. The van der Waals surface area contributed by atoms with Gasteiger partial charge in [-0.05, 0) is 13.0 Å². The van der Waals surface area contributed by atoms with Crippen molar-refractivity contribution in [3.63, 3.8) is 0 Å². The van der Waals surface area contributed by atoms with Gasteiger partial charge in [0.15, 0.2) is 6.29 Å². The summed E-state index contributed by atoms with van der Waals surface area (Å²) in [5, 5.41) is 59.5. The summed E-state index contributed by atoms with van der Waals surface area (Å²) >= 11 is 0. The molecule has 2 heterocycles. The van der Waals surface area contributed by atoms with Gasteiger partial charge >= 0.3 is 0 Å². The van der Waals surface area contributed by atoms with E-state index in [2.05, 4.69) is 0 Å². The van der Waals surface area contributed by atoms with E-state index in [0.29, 0.717) is 0 Å². The maximum Gasteiger partial charge on any atom is 0.207 e. The molecule has 0 spiro atoms. The highest BCUT2D eigenvalue weighted by molar-refractivity contribution is 5.10. The molecule has 2 aliphatic heterocycles. The molecule has 138 valence electrons. The van der Waals surface area contributed by atoms with Gasteiger partial charge < -0.3 is 44.8 Å². The molecule has 24 heavy (non-hydrogen) atoms. The smallest absolute Gasteiger partial charge is 0.207 e. The summed E-state index contributed by atoms with van der Waals surface area (Å²) in [6, 6.07) is 0. The third-order valence-corrected chi connectivity index (χ3v) is 5.12. The quantitative estimate of drug-likeness (QED) is 0.323. The Morgan fingerprint density at radius 1 is 1.12 bits per heavy atom. The standard InChI is InChI=1S/C15H24O9/c1-15(21)4-7(17)6-2-3-22-13(9(6)15)24-14-12(20)11(19)10(18)8(5-16)23-14/h2-3,6-14,16-21H,4-5H2,1H3/t6-,7-,8+,9+,10+,11-,12+,13-,14-,15-/m0/s1. The van der Waals surface area contributed by atoms with Crippen LogP contribution in [0.4, 0.5) is 0 Å². The van der Waals surface area contributed by atoms with Crippen molar-refractivity contribution in [1.82, 2.24) is 0 Å². The zero-order valence-electron chi connectivity index (χ0n) is 13.2. The minimum Gasteiger partial charge on any atom is -0.472 e. The highest BCUT2D eigenvalue weighted by Crippen LogP contribution is 2.46. The Labute approximate surface area is 138 Å². The number of aliphatic hydroxyl groups excluding tert-OH is 5. The molecule has 0 aromatic rings. The second kappa shape index (κ2) is 6.50. The van der Waals surface area contributed by atoms with Gasteiger partial charge in [0.1, 0.15) is 24.4 Å². The normalized spacial score (nSPS) is 54.4. The van der Waals surface area contributed by atoms with Gasteiger partial charge in [0.05, 0.1) is 30.5 Å². The molecule has 1 saturated carbocycles. The van der Waals surface area contributed by atoms with Gasteiger partial charge in [-0.2, -0.15) is 0 Å². The maximum absolute atomic E-state index is 10.5. The van der Waals surface area contributed by atoms with Crippen molar-refractivity contribution in [3.05, 3.63) is 12.3 Å². The van der Waals surface area contributed by atoms with Crippen LogP contribution < -0.4 is 0 Å². The van der Waals surface area contributed by atoms with Crippen LogP contribution in [-0.2, 0) is 14.2 Å². The molecule has 1 aliphatic carbocycles. The van der Waals surface area contributed by atoms with Crippen molar-refractivity contribution in [1.29, 1.82) is 0 Å². The molecule has 0 bridgehead atoms. The van der Waals surface area contributed by atoms with E-state index in [1.54, 1.807) is 13.0 Å². The third kappa shape index (κ3) is 2.95. The van der Waals surface area contributed by atoms with Crippen LogP contribution in [0, 0.1) is 11.8 Å². The van der Waals surface area contributed by atoms with E-state index >= 15 is 0 Å². The second-order valence-electron chi connectivity index (χ2n) is 6.90. The molecule has 0 amide bonds. The fraction of sp³-hybridized carbons (Fsp3) is 0.867. The van der Waals surface area contributed by atoms with Crippen LogP contribution in [-0.4, -0.2) is 85.9 Å². The molecule has 0 radical (unpaired) electrons. The Hall–Kier alpha value is -0.780. The second-order valence-corrected chi connectivity index (χ2v) is 6.90. The molecule has 3 rings (SSSR count). The molecule has 1 saturated heterocycles. The molecule has 0 aromatic carbocycles. The molecule has 0 unspecified atom stereocenters.